The standard InChI is InChI=1S/C19H20N4O2S2/c1-11(18(24)21-15-7-6-13-4-3-5-14(13)8-15)27-19-23-22-17(25-19)9-16-10-26-12(2)20-16/h6-8,10-11H,3-5,9H2,1-2H3,(H,21,24)/t11-/m0/s1. The van der Waals surface area contributed by atoms with Crippen LogP contribution in [-0.4, -0.2) is 26.3 Å². The lowest BCUT2D eigenvalue weighted by atomic mass is 10.1. The van der Waals surface area contributed by atoms with E-state index in [1.54, 1.807) is 11.3 Å². The molecule has 1 aromatic carbocycles. The van der Waals surface area contributed by atoms with Crippen LogP contribution in [0.4, 0.5) is 5.69 Å². The molecule has 0 radical (unpaired) electrons. The molecular weight excluding hydrogens is 380 g/mol. The average molecular weight is 401 g/mol. The quantitative estimate of drug-likeness (QED) is 0.629. The van der Waals surface area contributed by atoms with E-state index in [2.05, 4.69) is 32.6 Å². The number of thioether (sulfide) groups is 1. The molecule has 0 aliphatic heterocycles. The Morgan fingerprint density at radius 3 is 3.00 bits per heavy atom. The van der Waals surface area contributed by atoms with Crippen LogP contribution in [0.2, 0.25) is 0 Å². The maximum Gasteiger partial charge on any atom is 0.277 e. The average Bonchev–Trinajstić information content (AvgIpc) is 3.36. The predicted molar refractivity (Wildman–Crippen MR) is 106 cm³/mol. The number of nitrogens with one attached hydrogen (secondary N) is 1. The third-order valence-corrected chi connectivity index (χ3v) is 6.22. The molecule has 8 heteroatoms. The first-order chi connectivity index (χ1) is 13.1. The van der Waals surface area contributed by atoms with Crippen LogP contribution in [0.15, 0.2) is 33.2 Å². The fraction of sp³-hybridized carbons (Fsp3) is 0.368. The number of rotatable bonds is 6. The van der Waals surface area contributed by atoms with Gasteiger partial charge in [0.2, 0.25) is 11.8 Å². The SMILES string of the molecule is Cc1nc(Cc2nnc(S[C@@H](C)C(=O)Nc3ccc4c(c3)CCC4)o2)cs1. The molecular formula is C19H20N4O2S2. The molecule has 140 valence electrons. The molecule has 3 aromatic rings. The van der Waals surface area contributed by atoms with E-state index in [1.807, 2.05) is 25.3 Å². The third kappa shape index (κ3) is 4.39. The number of fused-ring (bicyclic) bond motifs is 1. The summed E-state index contributed by atoms with van der Waals surface area (Å²) in [4.78, 5) is 16.9. The minimum Gasteiger partial charge on any atom is -0.416 e. The van der Waals surface area contributed by atoms with Gasteiger partial charge in [0.1, 0.15) is 0 Å². The molecule has 1 aliphatic rings. The number of anilines is 1. The Morgan fingerprint density at radius 1 is 1.33 bits per heavy atom. The highest BCUT2D eigenvalue weighted by Gasteiger charge is 2.20. The van der Waals surface area contributed by atoms with Crippen molar-refractivity contribution in [1.82, 2.24) is 15.2 Å². The topological polar surface area (TPSA) is 80.9 Å². The fourth-order valence-corrected chi connectivity index (χ4v) is 4.41. The molecule has 1 amide bonds. The van der Waals surface area contributed by atoms with E-state index in [-0.39, 0.29) is 11.2 Å². The second kappa shape index (κ2) is 7.82. The highest BCUT2D eigenvalue weighted by atomic mass is 32.2. The Hall–Kier alpha value is -2.19. The Kier molecular flexibility index (Phi) is 5.27. The van der Waals surface area contributed by atoms with Crippen molar-refractivity contribution in [2.45, 2.75) is 50.0 Å². The van der Waals surface area contributed by atoms with Gasteiger partial charge in [0.25, 0.3) is 5.22 Å². The van der Waals surface area contributed by atoms with Crippen LogP contribution < -0.4 is 5.32 Å². The molecule has 0 saturated heterocycles. The van der Waals surface area contributed by atoms with Gasteiger partial charge in [-0.25, -0.2) is 4.98 Å². The van der Waals surface area contributed by atoms with Gasteiger partial charge in [-0.3, -0.25) is 4.79 Å². The molecule has 2 aromatic heterocycles. The van der Waals surface area contributed by atoms with Crippen LogP contribution >= 0.6 is 23.1 Å². The molecule has 0 saturated carbocycles. The number of hydrogen-bond donors (Lipinski definition) is 1. The van der Waals surface area contributed by atoms with E-state index < -0.39 is 0 Å². The maximum absolute atomic E-state index is 12.5. The van der Waals surface area contributed by atoms with Crippen molar-refractivity contribution < 1.29 is 9.21 Å². The maximum atomic E-state index is 12.5. The number of aromatic nitrogens is 3. The molecule has 1 atom stereocenters. The lowest BCUT2D eigenvalue weighted by Crippen LogP contribution is -2.22. The van der Waals surface area contributed by atoms with E-state index in [0.29, 0.717) is 17.5 Å². The Balaban J connectivity index is 1.34. The zero-order valence-electron chi connectivity index (χ0n) is 15.2. The van der Waals surface area contributed by atoms with Gasteiger partial charge in [-0.1, -0.05) is 17.8 Å². The van der Waals surface area contributed by atoms with E-state index in [0.717, 1.165) is 29.2 Å². The number of nitrogens with zero attached hydrogens (tertiary/aromatic N) is 3. The van der Waals surface area contributed by atoms with Crippen molar-refractivity contribution in [2.75, 3.05) is 5.32 Å². The van der Waals surface area contributed by atoms with E-state index >= 15 is 0 Å². The molecule has 0 bridgehead atoms. The summed E-state index contributed by atoms with van der Waals surface area (Å²) in [5.74, 6) is 0.432. The molecule has 0 unspecified atom stereocenters. The number of benzene rings is 1. The highest BCUT2D eigenvalue weighted by molar-refractivity contribution is 8.00. The second-order valence-electron chi connectivity index (χ2n) is 6.58. The predicted octanol–water partition coefficient (Wildman–Crippen LogP) is 4.03. The minimum atomic E-state index is -0.340. The summed E-state index contributed by atoms with van der Waals surface area (Å²) in [6, 6.07) is 6.17. The molecule has 0 spiro atoms. The first-order valence-corrected chi connectivity index (χ1v) is 10.7. The lowest BCUT2D eigenvalue weighted by molar-refractivity contribution is -0.115. The normalized spacial score (nSPS) is 14.1. The Bertz CT molecular complexity index is 966. The Morgan fingerprint density at radius 2 is 2.19 bits per heavy atom. The first kappa shape index (κ1) is 18.2. The molecule has 2 heterocycles. The van der Waals surface area contributed by atoms with Gasteiger partial charge >= 0.3 is 0 Å². The summed E-state index contributed by atoms with van der Waals surface area (Å²) < 4.78 is 5.65. The van der Waals surface area contributed by atoms with Gasteiger partial charge in [-0.05, 0) is 56.4 Å². The second-order valence-corrected chi connectivity index (χ2v) is 8.94. The molecule has 1 N–H and O–H groups in total. The Labute approximate surface area is 165 Å². The van der Waals surface area contributed by atoms with Crippen LogP contribution in [0, 0.1) is 6.92 Å². The summed E-state index contributed by atoms with van der Waals surface area (Å²) in [5.41, 5.74) is 4.49. The van der Waals surface area contributed by atoms with Gasteiger partial charge in [-0.2, -0.15) is 0 Å². The van der Waals surface area contributed by atoms with E-state index in [9.17, 15) is 4.79 Å². The van der Waals surface area contributed by atoms with Crippen LogP contribution in [-0.2, 0) is 24.1 Å². The number of aryl methyl sites for hydroxylation is 3. The van der Waals surface area contributed by atoms with Crippen molar-refractivity contribution in [3.8, 4) is 0 Å². The summed E-state index contributed by atoms with van der Waals surface area (Å²) in [5, 5.41) is 14.1. The molecule has 0 fully saturated rings. The van der Waals surface area contributed by atoms with Gasteiger partial charge in [0.15, 0.2) is 0 Å². The van der Waals surface area contributed by atoms with Crippen molar-refractivity contribution in [3.05, 3.63) is 51.3 Å². The lowest BCUT2D eigenvalue weighted by Gasteiger charge is -2.11. The zero-order chi connectivity index (χ0) is 18.8. The van der Waals surface area contributed by atoms with E-state index in [4.69, 9.17) is 4.42 Å². The summed E-state index contributed by atoms with van der Waals surface area (Å²) in [6.45, 7) is 3.80. The molecule has 6 nitrogen and oxygen atoms in total. The first-order valence-electron chi connectivity index (χ1n) is 8.89. The van der Waals surface area contributed by atoms with Crippen molar-refractivity contribution >= 4 is 34.7 Å². The number of carbonyl (C=O) groups is 1. The number of hydrogen-bond acceptors (Lipinski definition) is 7. The summed E-state index contributed by atoms with van der Waals surface area (Å²) in [7, 11) is 0. The number of amides is 1. The van der Waals surface area contributed by atoms with E-state index in [1.165, 1.54) is 29.3 Å². The third-order valence-electron chi connectivity index (χ3n) is 4.46. The van der Waals surface area contributed by atoms with Gasteiger partial charge in [0, 0.05) is 11.1 Å². The van der Waals surface area contributed by atoms with Crippen molar-refractivity contribution in [1.29, 1.82) is 0 Å². The molecule has 27 heavy (non-hydrogen) atoms. The number of carbonyl (C=O) groups excluding carboxylic acids is 1. The van der Waals surface area contributed by atoms with Crippen LogP contribution in [0.3, 0.4) is 0 Å². The summed E-state index contributed by atoms with van der Waals surface area (Å²) in [6.07, 6.45) is 3.93. The fourth-order valence-electron chi connectivity index (χ4n) is 3.10. The largest absolute Gasteiger partial charge is 0.416 e. The van der Waals surface area contributed by atoms with Crippen LogP contribution in [0.1, 0.15) is 41.1 Å². The summed E-state index contributed by atoms with van der Waals surface area (Å²) >= 11 is 2.86. The van der Waals surface area contributed by atoms with Crippen molar-refractivity contribution in [3.63, 3.8) is 0 Å². The van der Waals surface area contributed by atoms with Gasteiger partial charge in [0.05, 0.1) is 22.4 Å². The molecule has 4 rings (SSSR count). The monoisotopic (exact) mass is 400 g/mol. The molecule has 1 aliphatic carbocycles. The highest BCUT2D eigenvalue weighted by Crippen LogP contribution is 2.27. The van der Waals surface area contributed by atoms with Gasteiger partial charge in [-0.15, -0.1) is 21.5 Å². The zero-order valence-corrected chi connectivity index (χ0v) is 16.8. The smallest absolute Gasteiger partial charge is 0.277 e. The number of thiazole rings is 1. The van der Waals surface area contributed by atoms with Gasteiger partial charge < -0.3 is 9.73 Å². The minimum absolute atomic E-state index is 0.0761. The van der Waals surface area contributed by atoms with Crippen LogP contribution in [0.25, 0.3) is 0 Å². The van der Waals surface area contributed by atoms with Crippen molar-refractivity contribution in [2.24, 2.45) is 0 Å². The van der Waals surface area contributed by atoms with Crippen LogP contribution in [0.5, 0.6) is 0 Å².